The third kappa shape index (κ3) is 6.37. The summed E-state index contributed by atoms with van der Waals surface area (Å²) < 4.78 is 5.26. The lowest BCUT2D eigenvalue weighted by Gasteiger charge is -2.08. The van der Waals surface area contributed by atoms with Crippen LogP contribution in [0.3, 0.4) is 0 Å². The predicted molar refractivity (Wildman–Crippen MR) is 120 cm³/mol. The molecular formula is C26H25NO4. The molecule has 0 atom stereocenters. The highest BCUT2D eigenvalue weighted by atomic mass is 16.5. The minimum atomic E-state index is -0.428. The summed E-state index contributed by atoms with van der Waals surface area (Å²) in [5, 5.41) is 2.82. The maximum absolute atomic E-state index is 12.3. The van der Waals surface area contributed by atoms with E-state index in [-0.39, 0.29) is 31.1 Å². The Morgan fingerprint density at radius 2 is 1.45 bits per heavy atom. The van der Waals surface area contributed by atoms with Gasteiger partial charge in [-0.1, -0.05) is 42.5 Å². The van der Waals surface area contributed by atoms with Gasteiger partial charge in [0.2, 0.25) is 0 Å². The number of ketones is 1. The Morgan fingerprint density at radius 3 is 2.13 bits per heavy atom. The van der Waals surface area contributed by atoms with Crippen LogP contribution in [0.1, 0.15) is 50.2 Å². The lowest BCUT2D eigenvalue weighted by molar-refractivity contribution is -0.144. The summed E-state index contributed by atoms with van der Waals surface area (Å²) in [6.07, 6.45) is 0.142. The van der Waals surface area contributed by atoms with Gasteiger partial charge in [0.15, 0.2) is 5.78 Å². The first-order valence-electron chi connectivity index (χ1n) is 10.1. The highest BCUT2D eigenvalue weighted by Crippen LogP contribution is 2.14. The van der Waals surface area contributed by atoms with Crippen molar-refractivity contribution in [1.82, 2.24) is 0 Å². The summed E-state index contributed by atoms with van der Waals surface area (Å²) in [6.45, 7) is 4.04. The van der Waals surface area contributed by atoms with Gasteiger partial charge in [-0.15, -0.1) is 0 Å². The monoisotopic (exact) mass is 415 g/mol. The number of nitrogens with one attached hydrogen (secondary N) is 1. The van der Waals surface area contributed by atoms with E-state index in [9.17, 15) is 14.4 Å². The molecule has 0 bridgehead atoms. The van der Waals surface area contributed by atoms with Crippen LogP contribution in [0.15, 0.2) is 72.8 Å². The van der Waals surface area contributed by atoms with Gasteiger partial charge in [-0.25, -0.2) is 0 Å². The van der Waals surface area contributed by atoms with E-state index in [4.69, 9.17) is 4.74 Å². The maximum Gasteiger partial charge on any atom is 0.306 e. The van der Waals surface area contributed by atoms with Crippen molar-refractivity contribution >= 4 is 23.3 Å². The Labute approximate surface area is 182 Å². The summed E-state index contributed by atoms with van der Waals surface area (Å²) >= 11 is 0. The van der Waals surface area contributed by atoms with E-state index >= 15 is 0 Å². The second kappa shape index (κ2) is 10.3. The highest BCUT2D eigenvalue weighted by Gasteiger charge is 2.12. The number of anilines is 1. The van der Waals surface area contributed by atoms with Crippen LogP contribution in [0.4, 0.5) is 5.69 Å². The average Bonchev–Trinajstić information content (AvgIpc) is 2.79. The van der Waals surface area contributed by atoms with Crippen molar-refractivity contribution in [3.05, 3.63) is 101 Å². The van der Waals surface area contributed by atoms with Crippen molar-refractivity contribution < 1.29 is 19.1 Å². The van der Waals surface area contributed by atoms with Crippen molar-refractivity contribution in [3.8, 4) is 0 Å². The van der Waals surface area contributed by atoms with Crippen LogP contribution in [0.25, 0.3) is 0 Å². The van der Waals surface area contributed by atoms with Crippen LogP contribution >= 0.6 is 0 Å². The first-order valence-corrected chi connectivity index (χ1v) is 10.1. The lowest BCUT2D eigenvalue weighted by Crippen LogP contribution is -2.12. The largest absolute Gasteiger partial charge is 0.461 e. The molecule has 0 aliphatic heterocycles. The standard InChI is InChI=1S/C26H25NO4/c1-18-8-11-22(16-19(18)2)24(28)14-15-25(29)31-17-20-9-12-21(13-10-20)26(30)27-23-6-4-3-5-7-23/h3-13,16H,14-15,17H2,1-2H3,(H,27,30). The summed E-state index contributed by atoms with van der Waals surface area (Å²) in [4.78, 5) is 36.6. The summed E-state index contributed by atoms with van der Waals surface area (Å²) in [6, 6.07) is 21.6. The van der Waals surface area contributed by atoms with Crippen molar-refractivity contribution in [2.75, 3.05) is 5.32 Å². The summed E-state index contributed by atoms with van der Waals surface area (Å²) in [7, 11) is 0. The Hall–Kier alpha value is -3.73. The fourth-order valence-corrected chi connectivity index (χ4v) is 2.99. The fraction of sp³-hybridized carbons (Fsp3) is 0.192. The SMILES string of the molecule is Cc1ccc(C(=O)CCC(=O)OCc2ccc(C(=O)Nc3ccccc3)cc2)cc1C. The van der Waals surface area contributed by atoms with E-state index in [1.165, 1.54) is 0 Å². The molecule has 158 valence electrons. The molecule has 0 aromatic heterocycles. The van der Waals surface area contributed by atoms with Gasteiger partial charge < -0.3 is 10.1 Å². The molecule has 0 spiro atoms. The Balaban J connectivity index is 1.45. The first-order chi connectivity index (χ1) is 14.9. The molecular weight excluding hydrogens is 390 g/mol. The number of rotatable bonds is 8. The van der Waals surface area contributed by atoms with E-state index in [2.05, 4.69) is 5.32 Å². The molecule has 3 aromatic rings. The minimum Gasteiger partial charge on any atom is -0.461 e. The lowest BCUT2D eigenvalue weighted by atomic mass is 10.0. The van der Waals surface area contributed by atoms with E-state index in [1.807, 2.05) is 56.3 Å². The van der Waals surface area contributed by atoms with E-state index in [0.29, 0.717) is 11.1 Å². The molecule has 5 nitrogen and oxygen atoms in total. The number of amides is 1. The molecule has 0 unspecified atom stereocenters. The van der Waals surface area contributed by atoms with Crippen LogP contribution < -0.4 is 5.32 Å². The summed E-state index contributed by atoms with van der Waals surface area (Å²) in [5.74, 6) is -0.712. The number of Topliss-reactive ketones (excluding diaryl/α,β-unsaturated/α-hetero) is 1. The molecule has 0 fully saturated rings. The molecule has 1 amide bonds. The van der Waals surface area contributed by atoms with Crippen LogP contribution in [0.2, 0.25) is 0 Å². The minimum absolute atomic E-state index is 0.0311. The first kappa shape index (κ1) is 22.0. The molecule has 0 aliphatic rings. The van der Waals surface area contributed by atoms with Gasteiger partial charge in [0, 0.05) is 23.2 Å². The predicted octanol–water partition coefficient (Wildman–Crippen LogP) is 5.26. The number of carbonyl (C=O) groups excluding carboxylic acids is 3. The second-order valence-electron chi connectivity index (χ2n) is 7.40. The second-order valence-corrected chi connectivity index (χ2v) is 7.40. The van der Waals surface area contributed by atoms with Gasteiger partial charge in [0.25, 0.3) is 5.91 Å². The number of benzene rings is 3. The van der Waals surface area contributed by atoms with Crippen molar-refractivity contribution in [2.24, 2.45) is 0 Å². The molecule has 0 saturated carbocycles. The third-order valence-electron chi connectivity index (χ3n) is 5.03. The van der Waals surface area contributed by atoms with Crippen molar-refractivity contribution in [1.29, 1.82) is 0 Å². The summed E-state index contributed by atoms with van der Waals surface area (Å²) in [5.41, 5.74) is 4.79. The van der Waals surface area contributed by atoms with Crippen molar-refractivity contribution in [3.63, 3.8) is 0 Å². The molecule has 1 N–H and O–H groups in total. The van der Waals surface area contributed by atoms with Gasteiger partial charge >= 0.3 is 5.97 Å². The average molecular weight is 415 g/mol. The Morgan fingerprint density at radius 1 is 0.774 bits per heavy atom. The Kier molecular flexibility index (Phi) is 7.33. The van der Waals surface area contributed by atoms with Crippen LogP contribution in [-0.2, 0) is 16.1 Å². The van der Waals surface area contributed by atoms with Gasteiger partial charge in [-0.2, -0.15) is 0 Å². The zero-order valence-electron chi connectivity index (χ0n) is 17.7. The Bertz CT molecular complexity index is 1070. The maximum atomic E-state index is 12.3. The normalized spacial score (nSPS) is 10.4. The van der Waals surface area contributed by atoms with Gasteiger partial charge in [0.05, 0.1) is 6.42 Å². The number of hydrogen-bond donors (Lipinski definition) is 1. The molecule has 0 heterocycles. The number of ether oxygens (including phenoxy) is 1. The number of aryl methyl sites for hydroxylation is 2. The fourth-order valence-electron chi connectivity index (χ4n) is 2.99. The van der Waals surface area contributed by atoms with Gasteiger partial charge in [0.1, 0.15) is 6.61 Å². The zero-order chi connectivity index (χ0) is 22.2. The molecule has 5 heteroatoms. The number of carbonyl (C=O) groups is 3. The van der Waals surface area contributed by atoms with Gasteiger partial charge in [-0.3, -0.25) is 14.4 Å². The van der Waals surface area contributed by atoms with E-state index in [1.54, 1.807) is 30.3 Å². The van der Waals surface area contributed by atoms with Crippen LogP contribution in [0.5, 0.6) is 0 Å². The van der Waals surface area contributed by atoms with E-state index < -0.39 is 5.97 Å². The van der Waals surface area contributed by atoms with Crippen LogP contribution in [-0.4, -0.2) is 17.7 Å². The third-order valence-corrected chi connectivity index (χ3v) is 5.03. The van der Waals surface area contributed by atoms with Crippen molar-refractivity contribution in [2.45, 2.75) is 33.3 Å². The zero-order valence-corrected chi connectivity index (χ0v) is 17.7. The van der Waals surface area contributed by atoms with E-state index in [0.717, 1.165) is 22.4 Å². The quantitative estimate of drug-likeness (QED) is 0.402. The topological polar surface area (TPSA) is 72.5 Å². The molecule has 0 aliphatic carbocycles. The number of esters is 1. The molecule has 3 aromatic carbocycles. The molecule has 31 heavy (non-hydrogen) atoms. The molecule has 3 rings (SSSR count). The van der Waals surface area contributed by atoms with Gasteiger partial charge in [-0.05, 0) is 60.9 Å². The number of para-hydroxylation sites is 1. The van der Waals surface area contributed by atoms with Crippen LogP contribution in [0, 0.1) is 13.8 Å². The smallest absolute Gasteiger partial charge is 0.306 e. The molecule has 0 saturated heterocycles. The highest BCUT2D eigenvalue weighted by molar-refractivity contribution is 6.04. The number of hydrogen-bond acceptors (Lipinski definition) is 4. The molecule has 0 radical (unpaired) electrons.